The molecule has 0 fully saturated rings. The molecule has 0 aromatic carbocycles. The van der Waals surface area contributed by atoms with Crippen molar-refractivity contribution in [1.82, 2.24) is 9.97 Å². The van der Waals surface area contributed by atoms with Gasteiger partial charge in [-0.25, -0.2) is 9.97 Å². The number of nitrogens with two attached hydrogens (primary N) is 1. The number of nitrogens with zero attached hydrogens (tertiary/aromatic N) is 2. The molecule has 0 saturated carbocycles. The fourth-order valence-electron chi connectivity index (χ4n) is 2.27. The zero-order valence-corrected chi connectivity index (χ0v) is 12.0. The van der Waals surface area contributed by atoms with Crippen LogP contribution >= 0.6 is 23.4 Å². The van der Waals surface area contributed by atoms with Crippen LogP contribution in [-0.2, 0) is 19.4 Å². The summed E-state index contributed by atoms with van der Waals surface area (Å²) in [4.78, 5) is 9.04. The number of hydrogen-bond acceptors (Lipinski definition) is 4. The Morgan fingerprint density at radius 2 is 2.21 bits per heavy atom. The van der Waals surface area contributed by atoms with Crippen molar-refractivity contribution in [2.75, 3.05) is 0 Å². The summed E-state index contributed by atoms with van der Waals surface area (Å²) in [7, 11) is 0. The van der Waals surface area contributed by atoms with Gasteiger partial charge in [-0.2, -0.15) is 0 Å². The first-order chi connectivity index (χ1) is 9.28. The van der Waals surface area contributed by atoms with Gasteiger partial charge in [-0.1, -0.05) is 17.7 Å². The van der Waals surface area contributed by atoms with E-state index in [1.54, 1.807) is 6.20 Å². The van der Waals surface area contributed by atoms with Gasteiger partial charge in [0, 0.05) is 18.4 Å². The number of pyridine rings is 2. The van der Waals surface area contributed by atoms with Crippen molar-refractivity contribution in [2.24, 2.45) is 5.73 Å². The van der Waals surface area contributed by atoms with E-state index in [1.807, 2.05) is 12.1 Å². The molecule has 19 heavy (non-hydrogen) atoms. The van der Waals surface area contributed by atoms with Crippen molar-refractivity contribution in [3.63, 3.8) is 0 Å². The van der Waals surface area contributed by atoms with Crippen molar-refractivity contribution in [3.05, 3.63) is 46.2 Å². The Morgan fingerprint density at radius 3 is 3.00 bits per heavy atom. The topological polar surface area (TPSA) is 51.8 Å². The molecule has 3 rings (SSSR count). The third-order valence-electron chi connectivity index (χ3n) is 3.23. The second kappa shape index (κ2) is 5.49. The van der Waals surface area contributed by atoms with Crippen LogP contribution in [0, 0.1) is 0 Å². The Balaban J connectivity index is 1.98. The van der Waals surface area contributed by atoms with Crippen LogP contribution in [0.15, 0.2) is 34.4 Å². The lowest BCUT2D eigenvalue weighted by atomic mass is 10.1. The lowest BCUT2D eigenvalue weighted by Crippen LogP contribution is -2.03. The molecule has 1 aliphatic rings. The predicted octanol–water partition coefficient (Wildman–Crippen LogP) is 3.23. The van der Waals surface area contributed by atoms with Crippen molar-refractivity contribution < 1.29 is 0 Å². The second-order valence-electron chi connectivity index (χ2n) is 4.51. The van der Waals surface area contributed by atoms with Gasteiger partial charge in [0.05, 0.1) is 5.02 Å². The molecule has 0 atom stereocenters. The van der Waals surface area contributed by atoms with Gasteiger partial charge in [0.15, 0.2) is 0 Å². The minimum atomic E-state index is 0.493. The second-order valence-corrected chi connectivity index (χ2v) is 5.89. The molecule has 2 heterocycles. The molecular formula is C14H14ClN3S. The molecule has 2 N–H and O–H groups in total. The zero-order valence-electron chi connectivity index (χ0n) is 10.4. The van der Waals surface area contributed by atoms with E-state index in [-0.39, 0.29) is 0 Å². The lowest BCUT2D eigenvalue weighted by Gasteiger charge is -2.10. The smallest absolute Gasteiger partial charge is 0.121 e. The van der Waals surface area contributed by atoms with Gasteiger partial charge in [0.25, 0.3) is 0 Å². The Hall–Kier alpha value is -1.10. The molecule has 0 saturated heterocycles. The summed E-state index contributed by atoms with van der Waals surface area (Å²) in [6.07, 6.45) is 5.10. The van der Waals surface area contributed by atoms with E-state index >= 15 is 0 Å². The molecule has 0 unspecified atom stereocenters. The van der Waals surface area contributed by atoms with Crippen LogP contribution < -0.4 is 5.73 Å². The molecule has 0 bridgehead atoms. The summed E-state index contributed by atoms with van der Waals surface area (Å²) < 4.78 is 0. The van der Waals surface area contributed by atoms with E-state index in [0.29, 0.717) is 11.6 Å². The number of aromatic nitrogens is 2. The summed E-state index contributed by atoms with van der Waals surface area (Å²) in [5.41, 5.74) is 9.45. The molecule has 98 valence electrons. The van der Waals surface area contributed by atoms with E-state index < -0.39 is 0 Å². The maximum absolute atomic E-state index is 6.14. The molecule has 2 aromatic heterocycles. The molecule has 3 nitrogen and oxygen atoms in total. The fourth-order valence-corrected chi connectivity index (χ4v) is 3.40. The average Bonchev–Trinajstić information content (AvgIpc) is 2.87. The van der Waals surface area contributed by atoms with Crippen molar-refractivity contribution in [3.8, 4) is 0 Å². The minimum Gasteiger partial charge on any atom is -0.326 e. The van der Waals surface area contributed by atoms with E-state index in [0.717, 1.165) is 28.5 Å². The third-order valence-corrected chi connectivity index (χ3v) is 4.71. The zero-order chi connectivity index (χ0) is 13.2. The molecule has 1 aliphatic carbocycles. The monoisotopic (exact) mass is 291 g/mol. The lowest BCUT2D eigenvalue weighted by molar-refractivity contribution is 0.883. The maximum atomic E-state index is 6.14. The predicted molar refractivity (Wildman–Crippen MR) is 77.5 cm³/mol. The number of aryl methyl sites for hydroxylation is 2. The summed E-state index contributed by atoms with van der Waals surface area (Å²) in [5.74, 6) is 0. The minimum absolute atomic E-state index is 0.493. The van der Waals surface area contributed by atoms with Gasteiger partial charge in [-0.05, 0) is 54.3 Å². The van der Waals surface area contributed by atoms with Gasteiger partial charge in [-0.3, -0.25) is 0 Å². The molecule has 0 spiro atoms. The van der Waals surface area contributed by atoms with E-state index in [4.69, 9.17) is 22.3 Å². The highest BCUT2D eigenvalue weighted by Crippen LogP contribution is 2.34. The van der Waals surface area contributed by atoms with Crippen molar-refractivity contribution >= 4 is 23.4 Å². The van der Waals surface area contributed by atoms with Gasteiger partial charge in [-0.15, -0.1) is 0 Å². The Morgan fingerprint density at radius 1 is 1.32 bits per heavy atom. The first-order valence-corrected chi connectivity index (χ1v) is 7.47. The quantitative estimate of drug-likeness (QED) is 0.943. The summed E-state index contributed by atoms with van der Waals surface area (Å²) in [6.45, 7) is 0.493. The Kier molecular flexibility index (Phi) is 3.73. The first kappa shape index (κ1) is 12.9. The Labute approximate surface area is 121 Å². The summed E-state index contributed by atoms with van der Waals surface area (Å²) >= 11 is 7.64. The van der Waals surface area contributed by atoms with Crippen LogP contribution in [0.2, 0.25) is 5.02 Å². The number of hydrogen-bond donors (Lipinski definition) is 1. The van der Waals surface area contributed by atoms with Crippen LogP contribution in [0.1, 0.15) is 23.2 Å². The van der Waals surface area contributed by atoms with Crippen molar-refractivity contribution in [2.45, 2.75) is 35.9 Å². The average molecular weight is 292 g/mol. The van der Waals surface area contributed by atoms with Gasteiger partial charge < -0.3 is 5.73 Å². The highest BCUT2D eigenvalue weighted by Gasteiger charge is 2.17. The summed E-state index contributed by atoms with van der Waals surface area (Å²) in [6, 6.07) is 5.85. The molecule has 2 aromatic rings. The fraction of sp³-hybridized carbons (Fsp3) is 0.286. The molecule has 5 heteroatoms. The SMILES string of the molecule is NCc1cc2c(nc1Sc1ncccc1Cl)CCC2. The van der Waals surface area contributed by atoms with E-state index in [2.05, 4.69) is 11.1 Å². The summed E-state index contributed by atoms with van der Waals surface area (Å²) in [5, 5.41) is 2.37. The normalized spacial score (nSPS) is 13.6. The van der Waals surface area contributed by atoms with Crippen LogP contribution in [0.5, 0.6) is 0 Å². The molecule has 0 amide bonds. The molecule has 0 aliphatic heterocycles. The maximum Gasteiger partial charge on any atom is 0.121 e. The van der Waals surface area contributed by atoms with E-state index in [1.165, 1.54) is 29.4 Å². The highest BCUT2D eigenvalue weighted by molar-refractivity contribution is 7.99. The number of halogens is 1. The van der Waals surface area contributed by atoms with Crippen LogP contribution in [0.4, 0.5) is 0 Å². The Bertz CT molecular complexity index is 616. The van der Waals surface area contributed by atoms with E-state index in [9.17, 15) is 0 Å². The standard InChI is InChI=1S/C14H14ClN3S/c15-11-4-2-6-17-14(11)19-13-10(8-16)7-9-3-1-5-12(9)18-13/h2,4,6-7H,1,3,5,8,16H2. The third kappa shape index (κ3) is 2.61. The van der Waals surface area contributed by atoms with Crippen molar-refractivity contribution in [1.29, 1.82) is 0 Å². The molecule has 0 radical (unpaired) electrons. The molecular weight excluding hydrogens is 278 g/mol. The van der Waals surface area contributed by atoms with Crippen LogP contribution in [-0.4, -0.2) is 9.97 Å². The first-order valence-electron chi connectivity index (χ1n) is 6.28. The highest BCUT2D eigenvalue weighted by atomic mass is 35.5. The van der Waals surface area contributed by atoms with Gasteiger partial charge in [0.1, 0.15) is 10.1 Å². The number of fused-ring (bicyclic) bond motifs is 1. The van der Waals surface area contributed by atoms with Gasteiger partial charge in [0.2, 0.25) is 0 Å². The van der Waals surface area contributed by atoms with Crippen LogP contribution in [0.3, 0.4) is 0 Å². The number of rotatable bonds is 3. The van der Waals surface area contributed by atoms with Gasteiger partial charge >= 0.3 is 0 Å². The van der Waals surface area contributed by atoms with Crippen LogP contribution in [0.25, 0.3) is 0 Å². The largest absolute Gasteiger partial charge is 0.326 e.